The maximum atomic E-state index is 13.1. The number of benzene rings is 1. The van der Waals surface area contributed by atoms with Crippen molar-refractivity contribution in [3.8, 4) is 0 Å². The van der Waals surface area contributed by atoms with Crippen LogP contribution in [0.5, 0.6) is 0 Å². The molecule has 0 spiro atoms. The van der Waals surface area contributed by atoms with Gasteiger partial charge in [0, 0.05) is 5.56 Å². The number of nitrogens with two attached hydrogens (primary N) is 1. The molecule has 1 heterocycles. The second kappa shape index (κ2) is 5.19. The van der Waals surface area contributed by atoms with Gasteiger partial charge >= 0.3 is 0 Å². The number of aryl methyl sites for hydroxylation is 1. The summed E-state index contributed by atoms with van der Waals surface area (Å²) in [4.78, 5) is 12.0. The van der Waals surface area contributed by atoms with Crippen LogP contribution in [-0.2, 0) is 0 Å². The van der Waals surface area contributed by atoms with Gasteiger partial charge in [-0.3, -0.25) is 4.79 Å². The zero-order valence-corrected chi connectivity index (χ0v) is 10.9. The molecule has 2 aromatic rings. The predicted octanol–water partition coefficient (Wildman–Crippen LogP) is 2.61. The molecule has 19 heavy (non-hydrogen) atoms. The van der Waals surface area contributed by atoms with Gasteiger partial charge in [0.15, 0.2) is 0 Å². The molecule has 0 aliphatic carbocycles. The van der Waals surface area contributed by atoms with Crippen molar-refractivity contribution in [3.05, 3.63) is 53.2 Å². The molecule has 0 saturated carbocycles. The smallest absolute Gasteiger partial charge is 0.258 e. The molecule has 0 aliphatic rings. The number of carbonyl (C=O) groups is 1. The first-order chi connectivity index (χ1) is 8.97. The van der Waals surface area contributed by atoms with Gasteiger partial charge in [0.05, 0.1) is 11.3 Å². The zero-order chi connectivity index (χ0) is 14.0. The van der Waals surface area contributed by atoms with Crippen LogP contribution < -0.4 is 11.1 Å². The van der Waals surface area contributed by atoms with Crippen molar-refractivity contribution in [2.75, 3.05) is 5.32 Å². The van der Waals surface area contributed by atoms with Crippen LogP contribution >= 0.6 is 12.2 Å². The molecule has 1 aromatic carbocycles. The van der Waals surface area contributed by atoms with E-state index in [1.54, 1.807) is 13.0 Å². The summed E-state index contributed by atoms with van der Waals surface area (Å²) < 4.78 is 18.2. The molecule has 1 aromatic heterocycles. The molecule has 1 amide bonds. The minimum Gasteiger partial charge on any atom is -0.469 e. The average molecular weight is 278 g/mol. The van der Waals surface area contributed by atoms with Crippen molar-refractivity contribution in [1.29, 1.82) is 0 Å². The van der Waals surface area contributed by atoms with Crippen LogP contribution in [0.1, 0.15) is 21.7 Å². The van der Waals surface area contributed by atoms with Crippen molar-refractivity contribution in [2.24, 2.45) is 5.73 Å². The van der Waals surface area contributed by atoms with E-state index in [0.29, 0.717) is 17.0 Å². The second-order valence-corrected chi connectivity index (χ2v) is 4.39. The van der Waals surface area contributed by atoms with Crippen LogP contribution in [0.25, 0.3) is 0 Å². The van der Waals surface area contributed by atoms with Gasteiger partial charge in [0.25, 0.3) is 5.91 Å². The first-order valence-electron chi connectivity index (χ1n) is 5.43. The van der Waals surface area contributed by atoms with E-state index in [-0.39, 0.29) is 16.5 Å². The molecule has 0 aliphatic heterocycles. The molecule has 0 radical (unpaired) electrons. The van der Waals surface area contributed by atoms with Crippen LogP contribution in [-0.4, -0.2) is 10.9 Å². The van der Waals surface area contributed by atoms with Gasteiger partial charge in [-0.05, 0) is 31.2 Å². The average Bonchev–Trinajstić information content (AvgIpc) is 2.78. The Morgan fingerprint density at radius 3 is 2.74 bits per heavy atom. The number of amides is 1. The van der Waals surface area contributed by atoms with Crippen LogP contribution in [0.4, 0.5) is 10.1 Å². The Hall–Kier alpha value is -2.21. The summed E-state index contributed by atoms with van der Waals surface area (Å²) in [6.45, 7) is 1.73. The SMILES string of the molecule is Cc1cc(C(=O)Nc2ccc(F)cc2C(N)=S)co1. The quantitative estimate of drug-likeness (QED) is 0.847. The highest BCUT2D eigenvalue weighted by Gasteiger charge is 2.13. The van der Waals surface area contributed by atoms with E-state index in [4.69, 9.17) is 22.4 Å². The fourth-order valence-corrected chi connectivity index (χ4v) is 1.76. The Bertz CT molecular complexity index is 652. The predicted molar refractivity (Wildman–Crippen MR) is 73.7 cm³/mol. The summed E-state index contributed by atoms with van der Waals surface area (Å²) in [5, 5.41) is 2.62. The largest absolute Gasteiger partial charge is 0.469 e. The van der Waals surface area contributed by atoms with Crippen LogP contribution in [0.2, 0.25) is 0 Å². The highest BCUT2D eigenvalue weighted by atomic mass is 32.1. The highest BCUT2D eigenvalue weighted by molar-refractivity contribution is 7.80. The number of halogens is 1. The van der Waals surface area contributed by atoms with Gasteiger partial charge in [-0.2, -0.15) is 0 Å². The topological polar surface area (TPSA) is 68.3 Å². The summed E-state index contributed by atoms with van der Waals surface area (Å²) in [6.07, 6.45) is 1.34. The molecule has 0 fully saturated rings. The van der Waals surface area contributed by atoms with Crippen molar-refractivity contribution in [3.63, 3.8) is 0 Å². The van der Waals surface area contributed by atoms with Gasteiger partial charge in [0.2, 0.25) is 0 Å². The van der Waals surface area contributed by atoms with Gasteiger partial charge in [-0.1, -0.05) is 12.2 Å². The fraction of sp³-hybridized carbons (Fsp3) is 0.0769. The molecule has 98 valence electrons. The van der Waals surface area contributed by atoms with Gasteiger partial charge < -0.3 is 15.5 Å². The molecule has 6 heteroatoms. The first-order valence-corrected chi connectivity index (χ1v) is 5.84. The van der Waals surface area contributed by atoms with Gasteiger partial charge in [-0.25, -0.2) is 4.39 Å². The Labute approximate surface area is 114 Å². The third-order valence-electron chi connectivity index (χ3n) is 2.49. The van der Waals surface area contributed by atoms with Crippen molar-refractivity contribution in [1.82, 2.24) is 0 Å². The van der Waals surface area contributed by atoms with E-state index < -0.39 is 5.82 Å². The molecule has 0 saturated heterocycles. The first kappa shape index (κ1) is 13.2. The molecule has 2 rings (SSSR count). The minimum absolute atomic E-state index is 0.0122. The Morgan fingerprint density at radius 1 is 1.42 bits per heavy atom. The normalized spacial score (nSPS) is 10.2. The minimum atomic E-state index is -0.472. The van der Waals surface area contributed by atoms with Crippen LogP contribution in [0, 0.1) is 12.7 Å². The monoisotopic (exact) mass is 278 g/mol. The lowest BCUT2D eigenvalue weighted by Gasteiger charge is -2.09. The van der Waals surface area contributed by atoms with E-state index in [1.807, 2.05) is 0 Å². The summed E-state index contributed by atoms with van der Waals surface area (Å²) >= 11 is 4.82. The molecule has 0 bridgehead atoms. The Kier molecular flexibility index (Phi) is 3.62. The highest BCUT2D eigenvalue weighted by Crippen LogP contribution is 2.18. The maximum Gasteiger partial charge on any atom is 0.258 e. The molecule has 0 atom stereocenters. The van der Waals surface area contributed by atoms with E-state index in [1.165, 1.54) is 24.5 Å². The Balaban J connectivity index is 2.28. The van der Waals surface area contributed by atoms with Crippen molar-refractivity contribution in [2.45, 2.75) is 6.92 Å². The number of hydrogen-bond acceptors (Lipinski definition) is 3. The van der Waals surface area contributed by atoms with E-state index in [9.17, 15) is 9.18 Å². The number of thiocarbonyl (C=S) groups is 1. The van der Waals surface area contributed by atoms with Crippen LogP contribution in [0.3, 0.4) is 0 Å². The number of hydrogen-bond donors (Lipinski definition) is 2. The number of furan rings is 1. The Morgan fingerprint density at radius 2 is 2.16 bits per heavy atom. The van der Waals surface area contributed by atoms with E-state index in [0.717, 1.165) is 0 Å². The lowest BCUT2D eigenvalue weighted by atomic mass is 10.1. The lowest BCUT2D eigenvalue weighted by molar-refractivity contribution is 0.102. The maximum absolute atomic E-state index is 13.1. The summed E-state index contributed by atoms with van der Waals surface area (Å²) in [5.74, 6) is -0.222. The standard InChI is InChI=1S/C13H11FN2O2S/c1-7-4-8(6-18-7)13(17)16-11-3-2-9(14)5-10(11)12(15)19/h2-6H,1H3,(H2,15,19)(H,16,17). The molecule has 0 unspecified atom stereocenters. The lowest BCUT2D eigenvalue weighted by Crippen LogP contribution is -2.17. The number of anilines is 1. The third kappa shape index (κ3) is 2.97. The molecular weight excluding hydrogens is 267 g/mol. The number of rotatable bonds is 3. The molecule has 4 nitrogen and oxygen atoms in total. The van der Waals surface area contributed by atoms with E-state index >= 15 is 0 Å². The molecule has 3 N–H and O–H groups in total. The van der Waals surface area contributed by atoms with Gasteiger partial charge in [-0.15, -0.1) is 0 Å². The zero-order valence-electron chi connectivity index (χ0n) is 10.1. The number of nitrogens with one attached hydrogen (secondary N) is 1. The third-order valence-corrected chi connectivity index (χ3v) is 2.71. The molecular formula is C13H11FN2O2S. The van der Waals surface area contributed by atoms with Gasteiger partial charge in [0.1, 0.15) is 22.8 Å². The summed E-state index contributed by atoms with van der Waals surface area (Å²) in [7, 11) is 0. The van der Waals surface area contributed by atoms with Crippen molar-refractivity contribution < 1.29 is 13.6 Å². The van der Waals surface area contributed by atoms with Crippen molar-refractivity contribution >= 4 is 28.8 Å². The second-order valence-electron chi connectivity index (χ2n) is 3.95. The van der Waals surface area contributed by atoms with E-state index in [2.05, 4.69) is 5.32 Å². The van der Waals surface area contributed by atoms with Crippen LogP contribution in [0.15, 0.2) is 34.9 Å². The summed E-state index contributed by atoms with van der Waals surface area (Å²) in [5.41, 5.74) is 6.51. The number of carbonyl (C=O) groups excluding carboxylic acids is 1. The summed E-state index contributed by atoms with van der Waals surface area (Å²) in [6, 6.07) is 5.41. The fourth-order valence-electron chi connectivity index (χ4n) is 1.59.